The molecule has 0 N–H and O–H groups in total. The Balaban J connectivity index is 2.19. The Morgan fingerprint density at radius 1 is 1.23 bits per heavy atom. The normalized spacial score (nSPS) is 13.2. The van der Waals surface area contributed by atoms with Gasteiger partial charge < -0.3 is 9.47 Å². The Bertz CT molecular complexity index is 544. The molecule has 0 radical (unpaired) electrons. The number of halogens is 1. The molecule has 0 aliphatic heterocycles. The van der Waals surface area contributed by atoms with Gasteiger partial charge in [-0.05, 0) is 11.6 Å². The number of thioether (sulfide) groups is 1. The van der Waals surface area contributed by atoms with Crippen molar-refractivity contribution in [1.29, 1.82) is 0 Å². The maximum atomic E-state index is 8.13. The van der Waals surface area contributed by atoms with Gasteiger partial charge in [-0.3, -0.25) is 0 Å². The number of hydrogen-bond donors (Lipinski definition) is 0. The molecule has 0 fully saturated rings. The van der Waals surface area contributed by atoms with Gasteiger partial charge in [-0.1, -0.05) is 49.6 Å². The maximum absolute atomic E-state index is 8.13. The lowest BCUT2D eigenvalue weighted by Crippen LogP contribution is -2.26. The van der Waals surface area contributed by atoms with Crippen LogP contribution in [-0.2, 0) is 16.1 Å². The van der Waals surface area contributed by atoms with Crippen LogP contribution in [-0.4, -0.2) is 49.1 Å². The van der Waals surface area contributed by atoms with Crippen LogP contribution in [0.4, 0.5) is 0 Å². The summed E-state index contributed by atoms with van der Waals surface area (Å²) in [4.78, 5) is 11.4. The van der Waals surface area contributed by atoms with E-state index in [9.17, 15) is 0 Å². The molecule has 0 amide bonds. The monoisotopic (exact) mass is 417 g/mol. The Morgan fingerprint density at radius 2 is 1.96 bits per heavy atom. The van der Waals surface area contributed by atoms with Crippen molar-refractivity contribution < 1.29 is 9.47 Å². The molecule has 26 heavy (non-hydrogen) atoms. The molecule has 0 aromatic carbocycles. The van der Waals surface area contributed by atoms with E-state index in [1.54, 1.807) is 24.2 Å². The fourth-order valence-corrected chi connectivity index (χ4v) is 6.51. The fourth-order valence-electron chi connectivity index (χ4n) is 2.08. The summed E-state index contributed by atoms with van der Waals surface area (Å²) in [5.41, 5.74) is 9.06. The minimum absolute atomic E-state index is 0.340. The minimum atomic E-state index is -1.69. The smallest absolute Gasteiger partial charge is 0.187 e. The number of unbranched alkanes of at least 4 members (excludes halogenated alkanes) is 2. The molecule has 0 bridgehead atoms. The molecule has 10 heteroatoms. The lowest BCUT2D eigenvalue weighted by atomic mass is 10.3. The lowest BCUT2D eigenvalue weighted by Gasteiger charge is -2.18. The van der Waals surface area contributed by atoms with Gasteiger partial charge in [-0.15, -0.1) is 0 Å². The molecule has 0 aliphatic carbocycles. The zero-order valence-corrected chi connectivity index (χ0v) is 18.1. The second-order valence-electron chi connectivity index (χ2n) is 6.15. The Kier molecular flexibility index (Phi) is 12.7. The molecular weight excluding hydrogens is 390 g/mol. The van der Waals surface area contributed by atoms with Crippen molar-refractivity contribution in [2.45, 2.75) is 50.5 Å². The van der Waals surface area contributed by atoms with Crippen LogP contribution in [0, 0.1) is 0 Å². The van der Waals surface area contributed by atoms with Gasteiger partial charge in [0.25, 0.3) is 0 Å². The molecule has 1 unspecified atom stereocenters. The van der Waals surface area contributed by atoms with E-state index in [1.165, 1.54) is 19.3 Å². The second-order valence-corrected chi connectivity index (χ2v) is 14.0. The van der Waals surface area contributed by atoms with Crippen LogP contribution < -0.4 is 0 Å². The molecule has 146 valence electrons. The van der Waals surface area contributed by atoms with Crippen molar-refractivity contribution in [3.05, 3.63) is 28.4 Å². The van der Waals surface area contributed by atoms with Crippen LogP contribution in [0.2, 0.25) is 12.6 Å². The van der Waals surface area contributed by atoms with Crippen molar-refractivity contribution in [3.63, 3.8) is 0 Å². The molecule has 1 atom stereocenters. The topological polar surface area (TPSA) is 93.0 Å². The SMILES string of the molecule is CCCCC[Si](C)(Cl)CSc1ncc(COCCOCCN=[N+]=[N-])cn1. The summed E-state index contributed by atoms with van der Waals surface area (Å²) >= 11 is 8.35. The molecule has 1 heterocycles. The molecular formula is C16H28ClN5O2SSi. The van der Waals surface area contributed by atoms with Gasteiger partial charge in [-0.2, -0.15) is 11.1 Å². The molecule has 1 aromatic rings. The number of rotatable bonds is 15. The van der Waals surface area contributed by atoms with Crippen molar-refractivity contribution >= 4 is 30.2 Å². The van der Waals surface area contributed by atoms with Crippen molar-refractivity contribution in [2.75, 3.05) is 31.7 Å². The van der Waals surface area contributed by atoms with Crippen molar-refractivity contribution in [3.8, 4) is 0 Å². The summed E-state index contributed by atoms with van der Waals surface area (Å²) in [6.07, 6.45) is 7.28. The van der Waals surface area contributed by atoms with Crippen LogP contribution in [0.1, 0.15) is 31.7 Å². The highest BCUT2D eigenvalue weighted by Gasteiger charge is 2.24. The van der Waals surface area contributed by atoms with E-state index >= 15 is 0 Å². The highest BCUT2D eigenvalue weighted by Crippen LogP contribution is 2.26. The van der Waals surface area contributed by atoms with Crippen LogP contribution in [0.25, 0.3) is 10.4 Å². The third-order valence-corrected chi connectivity index (χ3v) is 9.92. The molecule has 0 saturated carbocycles. The van der Waals surface area contributed by atoms with Gasteiger partial charge in [0.2, 0.25) is 0 Å². The van der Waals surface area contributed by atoms with E-state index in [0.29, 0.717) is 33.0 Å². The van der Waals surface area contributed by atoms with Gasteiger partial charge in [0.15, 0.2) is 12.5 Å². The first-order valence-electron chi connectivity index (χ1n) is 8.86. The van der Waals surface area contributed by atoms with Gasteiger partial charge in [0.05, 0.1) is 26.4 Å². The quantitative estimate of drug-likeness (QED) is 0.0587. The highest BCUT2D eigenvalue weighted by atomic mass is 35.6. The molecule has 1 rings (SSSR count). The number of hydrogen-bond acceptors (Lipinski definition) is 6. The standard InChI is InChI=1S/C16H28ClN5O2SSi/c1-3-4-5-10-26(2,17)14-25-16-19-11-15(12-20-16)13-24-9-8-23-7-6-21-22-18/h11-12H,3-10,13-14H2,1-2H3. The minimum Gasteiger partial charge on any atom is -0.379 e. The van der Waals surface area contributed by atoms with Crippen LogP contribution in [0.15, 0.2) is 22.7 Å². The van der Waals surface area contributed by atoms with Crippen molar-refractivity contribution in [2.24, 2.45) is 5.11 Å². The third kappa shape index (κ3) is 11.7. The summed E-state index contributed by atoms with van der Waals surface area (Å²) in [6, 6.07) is 1.15. The van der Waals surface area contributed by atoms with Gasteiger partial charge in [0, 0.05) is 34.8 Å². The number of ether oxygens (including phenoxy) is 2. The Hall–Kier alpha value is -0.833. The maximum Gasteiger partial charge on any atom is 0.187 e. The average molecular weight is 418 g/mol. The van der Waals surface area contributed by atoms with Gasteiger partial charge >= 0.3 is 0 Å². The lowest BCUT2D eigenvalue weighted by molar-refractivity contribution is 0.0431. The third-order valence-electron chi connectivity index (χ3n) is 3.53. The summed E-state index contributed by atoms with van der Waals surface area (Å²) < 4.78 is 10.8. The first kappa shape index (κ1) is 23.2. The fraction of sp³-hybridized carbons (Fsp3) is 0.750. The van der Waals surface area contributed by atoms with Crippen LogP contribution in [0.3, 0.4) is 0 Å². The van der Waals surface area contributed by atoms with Gasteiger partial charge in [-0.25, -0.2) is 9.97 Å². The van der Waals surface area contributed by atoms with Gasteiger partial charge in [0.1, 0.15) is 0 Å². The molecule has 1 aromatic heterocycles. The van der Waals surface area contributed by atoms with E-state index in [2.05, 4.69) is 33.5 Å². The zero-order valence-electron chi connectivity index (χ0n) is 15.6. The van der Waals surface area contributed by atoms with E-state index in [4.69, 9.17) is 26.1 Å². The van der Waals surface area contributed by atoms with E-state index in [-0.39, 0.29) is 0 Å². The number of azide groups is 1. The molecule has 0 aliphatic rings. The van der Waals surface area contributed by atoms with E-state index in [0.717, 1.165) is 22.1 Å². The largest absolute Gasteiger partial charge is 0.379 e. The predicted molar refractivity (Wildman–Crippen MR) is 109 cm³/mol. The zero-order chi connectivity index (χ0) is 19.1. The Labute approximate surface area is 165 Å². The molecule has 7 nitrogen and oxygen atoms in total. The summed E-state index contributed by atoms with van der Waals surface area (Å²) in [6.45, 7) is 6.56. The van der Waals surface area contributed by atoms with E-state index in [1.807, 2.05) is 0 Å². The first-order valence-corrected chi connectivity index (χ1v) is 13.8. The first-order chi connectivity index (χ1) is 12.6. The second kappa shape index (κ2) is 14.3. The van der Waals surface area contributed by atoms with Crippen molar-refractivity contribution in [1.82, 2.24) is 9.97 Å². The van der Waals surface area contributed by atoms with Crippen LogP contribution >= 0.6 is 22.8 Å². The Morgan fingerprint density at radius 3 is 2.65 bits per heavy atom. The molecule has 0 saturated heterocycles. The average Bonchev–Trinajstić information content (AvgIpc) is 2.63. The number of aromatic nitrogens is 2. The summed E-state index contributed by atoms with van der Waals surface area (Å²) in [5, 5.41) is 5.08. The molecule has 0 spiro atoms. The predicted octanol–water partition coefficient (Wildman–Crippen LogP) is 4.96. The van der Waals surface area contributed by atoms with E-state index < -0.39 is 7.38 Å². The highest BCUT2D eigenvalue weighted by molar-refractivity contribution is 8.01. The number of nitrogens with zero attached hydrogens (tertiary/aromatic N) is 5. The summed E-state index contributed by atoms with van der Waals surface area (Å²) in [5.74, 6) is 0. The van der Waals surface area contributed by atoms with Crippen LogP contribution in [0.5, 0.6) is 0 Å². The summed E-state index contributed by atoms with van der Waals surface area (Å²) in [7, 11) is -1.69.